The zero-order valence-electron chi connectivity index (χ0n) is 6.77. The van der Waals surface area contributed by atoms with Gasteiger partial charge in [0.1, 0.15) is 6.67 Å². The second kappa shape index (κ2) is 3.78. The van der Waals surface area contributed by atoms with Crippen LogP contribution in [0.4, 0.5) is 0 Å². The molecule has 11 heteroatoms. The SMILES string of the molecule is O=NC1NCN([N+](=O)[O-])CN1[N+](=O)[O-]. The fourth-order valence-electron chi connectivity index (χ4n) is 0.929. The van der Waals surface area contributed by atoms with E-state index in [0.29, 0.717) is 10.0 Å². The summed E-state index contributed by atoms with van der Waals surface area (Å²) in [7, 11) is 0. The maximum atomic E-state index is 10.3. The molecule has 1 fully saturated rings. The molecule has 0 saturated carbocycles. The number of hydrazine groups is 2. The molecule has 14 heavy (non-hydrogen) atoms. The van der Waals surface area contributed by atoms with Gasteiger partial charge in [0.05, 0.1) is 0 Å². The van der Waals surface area contributed by atoms with Gasteiger partial charge < -0.3 is 0 Å². The van der Waals surface area contributed by atoms with E-state index in [9.17, 15) is 25.1 Å². The van der Waals surface area contributed by atoms with Gasteiger partial charge in [-0.25, -0.2) is 25.5 Å². The second-order valence-electron chi connectivity index (χ2n) is 2.40. The summed E-state index contributed by atoms with van der Waals surface area (Å²) in [4.78, 5) is 30.7. The standard InChI is InChI=1S/C3H6N6O5/c10-5-3-4-1-6(8(11)12)2-7(3)9(13)14/h3-4H,1-2H2. The molecule has 0 amide bonds. The Kier molecular flexibility index (Phi) is 2.71. The summed E-state index contributed by atoms with van der Waals surface area (Å²) < 4.78 is 0. The Morgan fingerprint density at radius 2 is 2.00 bits per heavy atom. The Labute approximate surface area is 76.5 Å². The van der Waals surface area contributed by atoms with Crippen LogP contribution in [0, 0.1) is 25.1 Å². The van der Waals surface area contributed by atoms with E-state index in [1.165, 1.54) is 0 Å². The van der Waals surface area contributed by atoms with E-state index in [1.54, 1.807) is 0 Å². The van der Waals surface area contributed by atoms with Gasteiger partial charge in [-0.15, -0.1) is 4.91 Å². The third kappa shape index (κ3) is 1.82. The van der Waals surface area contributed by atoms with Crippen molar-refractivity contribution >= 4 is 0 Å². The number of nitrogens with one attached hydrogen (secondary N) is 1. The van der Waals surface area contributed by atoms with E-state index in [-0.39, 0.29) is 6.67 Å². The Hall–Kier alpha value is -2.04. The van der Waals surface area contributed by atoms with Crippen LogP contribution in [0.15, 0.2) is 5.18 Å². The molecule has 0 spiro atoms. The van der Waals surface area contributed by atoms with Crippen molar-refractivity contribution < 1.29 is 10.1 Å². The van der Waals surface area contributed by atoms with Crippen molar-refractivity contribution in [2.75, 3.05) is 13.3 Å². The number of rotatable bonds is 3. The van der Waals surface area contributed by atoms with Crippen LogP contribution in [-0.2, 0) is 0 Å². The summed E-state index contributed by atoms with van der Waals surface area (Å²) in [5.41, 5.74) is 0. The molecule has 0 radical (unpaired) electrons. The van der Waals surface area contributed by atoms with E-state index in [2.05, 4.69) is 10.5 Å². The maximum Gasteiger partial charge on any atom is 0.276 e. The molecule has 1 heterocycles. The molecule has 1 aliphatic heterocycles. The molecule has 11 nitrogen and oxygen atoms in total. The number of hydrogen-bond acceptors (Lipinski definition) is 7. The molecular formula is C3H6N6O5. The maximum absolute atomic E-state index is 10.3. The van der Waals surface area contributed by atoms with Crippen molar-refractivity contribution in [1.29, 1.82) is 0 Å². The smallest absolute Gasteiger partial charge is 0.248 e. The van der Waals surface area contributed by atoms with Crippen LogP contribution in [0.2, 0.25) is 0 Å². The van der Waals surface area contributed by atoms with Gasteiger partial charge in [0.25, 0.3) is 6.29 Å². The lowest BCUT2D eigenvalue weighted by molar-refractivity contribution is -0.727. The molecule has 1 saturated heterocycles. The van der Waals surface area contributed by atoms with E-state index in [4.69, 9.17) is 0 Å². The molecule has 0 aliphatic carbocycles. The first-order valence-corrected chi connectivity index (χ1v) is 3.42. The van der Waals surface area contributed by atoms with Crippen molar-refractivity contribution in [2.24, 2.45) is 5.18 Å². The van der Waals surface area contributed by atoms with Crippen LogP contribution >= 0.6 is 0 Å². The van der Waals surface area contributed by atoms with Crippen molar-refractivity contribution in [3.05, 3.63) is 25.1 Å². The monoisotopic (exact) mass is 206 g/mol. The predicted molar refractivity (Wildman–Crippen MR) is 40.1 cm³/mol. The topological polar surface area (TPSA) is 134 Å². The molecule has 78 valence electrons. The fourth-order valence-corrected chi connectivity index (χ4v) is 0.929. The Morgan fingerprint density at radius 1 is 1.36 bits per heavy atom. The first-order valence-electron chi connectivity index (χ1n) is 3.42. The predicted octanol–water partition coefficient (Wildman–Crippen LogP) is -1.46. The minimum absolute atomic E-state index is 0.270. The normalized spacial score (nSPS) is 21.9. The third-order valence-corrected chi connectivity index (χ3v) is 1.59. The quantitative estimate of drug-likeness (QED) is 0.336. The highest BCUT2D eigenvalue weighted by atomic mass is 16.7. The highest BCUT2D eigenvalue weighted by molar-refractivity contribution is 4.63. The van der Waals surface area contributed by atoms with Gasteiger partial charge in [-0.2, -0.15) is 0 Å². The Bertz CT molecular complexity index is 268. The number of nitro groups is 2. The zero-order chi connectivity index (χ0) is 10.7. The van der Waals surface area contributed by atoms with Crippen LogP contribution < -0.4 is 5.32 Å². The van der Waals surface area contributed by atoms with Gasteiger partial charge in [-0.05, 0) is 5.18 Å². The third-order valence-electron chi connectivity index (χ3n) is 1.59. The van der Waals surface area contributed by atoms with E-state index in [0.717, 1.165) is 0 Å². The minimum Gasteiger partial charge on any atom is -0.248 e. The molecule has 1 atom stereocenters. The first kappa shape index (κ1) is 10.0. The van der Waals surface area contributed by atoms with Crippen LogP contribution in [0.1, 0.15) is 0 Å². The summed E-state index contributed by atoms with van der Waals surface area (Å²) in [6.45, 7) is -0.864. The van der Waals surface area contributed by atoms with Crippen LogP contribution in [0.3, 0.4) is 0 Å². The van der Waals surface area contributed by atoms with Gasteiger partial charge in [0.15, 0.2) is 10.1 Å². The molecule has 1 unspecified atom stereocenters. The lowest BCUT2D eigenvalue weighted by atomic mass is 10.6. The summed E-state index contributed by atoms with van der Waals surface area (Å²) >= 11 is 0. The van der Waals surface area contributed by atoms with Crippen molar-refractivity contribution in [3.63, 3.8) is 0 Å². The molecule has 0 aromatic heterocycles. The number of hydrogen-bond donors (Lipinski definition) is 1. The zero-order valence-corrected chi connectivity index (χ0v) is 6.77. The highest BCUT2D eigenvalue weighted by Gasteiger charge is 2.38. The molecule has 1 aliphatic rings. The van der Waals surface area contributed by atoms with Gasteiger partial charge in [-0.3, -0.25) is 0 Å². The molecular weight excluding hydrogens is 200 g/mol. The lowest BCUT2D eigenvalue weighted by Crippen LogP contribution is -2.61. The lowest BCUT2D eigenvalue weighted by Gasteiger charge is -2.28. The van der Waals surface area contributed by atoms with Crippen molar-refractivity contribution in [1.82, 2.24) is 15.3 Å². The Morgan fingerprint density at radius 3 is 2.43 bits per heavy atom. The molecule has 0 aromatic rings. The average Bonchev–Trinajstić information content (AvgIpc) is 2.16. The van der Waals surface area contributed by atoms with Crippen molar-refractivity contribution in [3.8, 4) is 0 Å². The average molecular weight is 206 g/mol. The largest absolute Gasteiger partial charge is 0.276 e. The highest BCUT2D eigenvalue weighted by Crippen LogP contribution is 2.06. The Balaban J connectivity index is 2.71. The summed E-state index contributed by atoms with van der Waals surface area (Å²) in [5.74, 6) is 0. The fraction of sp³-hybridized carbons (Fsp3) is 1.00. The number of nitrogens with zero attached hydrogens (tertiary/aromatic N) is 5. The van der Waals surface area contributed by atoms with Crippen LogP contribution in [-0.4, -0.2) is 39.7 Å². The van der Waals surface area contributed by atoms with Gasteiger partial charge in [0.2, 0.25) is 6.67 Å². The first-order chi connectivity index (χ1) is 6.56. The number of nitroso groups, excluding NO2 is 1. The van der Waals surface area contributed by atoms with Crippen LogP contribution in [0.25, 0.3) is 0 Å². The van der Waals surface area contributed by atoms with Gasteiger partial charge in [0, 0.05) is 0 Å². The van der Waals surface area contributed by atoms with E-state index >= 15 is 0 Å². The van der Waals surface area contributed by atoms with E-state index in [1.807, 2.05) is 0 Å². The summed E-state index contributed by atoms with van der Waals surface area (Å²) in [6.07, 6.45) is -1.37. The van der Waals surface area contributed by atoms with Crippen LogP contribution in [0.5, 0.6) is 0 Å². The molecule has 1 N–H and O–H groups in total. The molecule has 0 aromatic carbocycles. The van der Waals surface area contributed by atoms with Gasteiger partial charge in [-0.1, -0.05) is 10.0 Å². The summed E-state index contributed by atoms with van der Waals surface area (Å²) in [5, 5.41) is 24.4. The van der Waals surface area contributed by atoms with Gasteiger partial charge >= 0.3 is 0 Å². The summed E-state index contributed by atoms with van der Waals surface area (Å²) in [6, 6.07) is 0. The second-order valence-corrected chi connectivity index (χ2v) is 2.40. The molecule has 1 rings (SSSR count). The van der Waals surface area contributed by atoms with Crippen molar-refractivity contribution in [2.45, 2.75) is 6.29 Å². The minimum atomic E-state index is -1.37. The molecule has 0 bridgehead atoms. The van der Waals surface area contributed by atoms with E-state index < -0.39 is 23.0 Å².